The fourth-order valence-electron chi connectivity index (χ4n) is 8.26. The molecule has 0 aromatic rings. The molecule has 0 amide bonds. The molecule has 2 N–H and O–H groups in total. The Balaban J connectivity index is 1.49. The minimum atomic E-state index is -4.58. The minimum Gasteiger partial charge on any atom is -0.368 e. The summed E-state index contributed by atoms with van der Waals surface area (Å²) in [7, 11) is -9.15. The van der Waals surface area contributed by atoms with E-state index in [9.17, 15) is 25.9 Å². The molecule has 6 unspecified atom stereocenters. The van der Waals surface area contributed by atoms with E-state index in [2.05, 4.69) is 13.8 Å². The van der Waals surface area contributed by atoms with Gasteiger partial charge >= 0.3 is 0 Å². The predicted molar refractivity (Wildman–Crippen MR) is 179 cm³/mol. The summed E-state index contributed by atoms with van der Waals surface area (Å²) in [5.74, 6) is -3.17. The standard InChI is InChI=1S/C34H62O11S2/c1-3-5-7-9-11-13-15-17-19-29(46(35,36)37)31(21-25-41-31)33(23-27-43-33)45-34(24-28-44-34)32(22-26-42-32)30(47(38,39)40)20-18-16-14-12-10-8-6-4-2/h29-30H,3-28H2,1-2H3,(H,35,36,37)(H,38,39,40). The monoisotopic (exact) mass is 710 g/mol. The van der Waals surface area contributed by atoms with E-state index in [0.717, 1.165) is 51.4 Å². The Morgan fingerprint density at radius 3 is 1.00 bits per heavy atom. The van der Waals surface area contributed by atoms with Crippen LogP contribution in [0.2, 0.25) is 0 Å². The smallest absolute Gasteiger partial charge is 0.270 e. The number of rotatable bonds is 26. The summed E-state index contributed by atoms with van der Waals surface area (Å²) in [4.78, 5) is 0. The molecule has 6 atom stereocenters. The zero-order valence-corrected chi connectivity index (χ0v) is 30.6. The van der Waals surface area contributed by atoms with Crippen LogP contribution in [0.5, 0.6) is 0 Å². The molecule has 0 aliphatic carbocycles. The van der Waals surface area contributed by atoms with Crippen LogP contribution in [0.4, 0.5) is 0 Å². The first-order valence-electron chi connectivity index (χ1n) is 18.6. The molecule has 0 radical (unpaired) electrons. The van der Waals surface area contributed by atoms with Crippen molar-refractivity contribution in [1.82, 2.24) is 0 Å². The SMILES string of the molecule is CCCCCCCCCCC(C1(C2(OC3(C4(C(CCCCCCCCCC)S(=O)(=O)O)CCO4)CCO3)CCO2)CCO1)S(=O)(=O)O. The number of unbranched alkanes of at least 4 members (excludes halogenated alkanes) is 14. The van der Waals surface area contributed by atoms with Crippen molar-refractivity contribution < 1.29 is 49.6 Å². The Bertz CT molecular complexity index is 1070. The summed E-state index contributed by atoms with van der Waals surface area (Å²) in [5, 5.41) is -2.57. The van der Waals surface area contributed by atoms with Gasteiger partial charge in [-0.15, -0.1) is 0 Å². The lowest BCUT2D eigenvalue weighted by atomic mass is 9.73. The molecule has 4 fully saturated rings. The molecule has 4 saturated heterocycles. The highest BCUT2D eigenvalue weighted by atomic mass is 32.2. The summed E-state index contributed by atoms with van der Waals surface area (Å²) in [6.07, 6.45) is 18.0. The molecular weight excluding hydrogens is 648 g/mol. The lowest BCUT2D eigenvalue weighted by Crippen LogP contribution is -2.82. The van der Waals surface area contributed by atoms with E-state index < -0.39 is 53.5 Å². The van der Waals surface area contributed by atoms with Crippen LogP contribution in [0.1, 0.15) is 155 Å². The van der Waals surface area contributed by atoms with Crippen LogP contribution in [0.3, 0.4) is 0 Å². The van der Waals surface area contributed by atoms with Crippen molar-refractivity contribution in [3.8, 4) is 0 Å². The molecule has 4 aliphatic rings. The fraction of sp³-hybridized carbons (Fsp3) is 1.00. The number of hydrogen-bond donors (Lipinski definition) is 2. The Morgan fingerprint density at radius 2 is 0.787 bits per heavy atom. The summed E-state index contributed by atoms with van der Waals surface area (Å²) in [5.41, 5.74) is -2.97. The first kappa shape index (κ1) is 39.4. The summed E-state index contributed by atoms with van der Waals surface area (Å²) in [6.45, 7) is 5.48. The van der Waals surface area contributed by atoms with Gasteiger partial charge in [0.1, 0.15) is 21.7 Å². The first-order valence-corrected chi connectivity index (χ1v) is 21.6. The van der Waals surface area contributed by atoms with Crippen LogP contribution >= 0.6 is 0 Å². The quantitative estimate of drug-likeness (QED) is 0.0696. The second-order valence-corrected chi connectivity index (χ2v) is 17.5. The molecule has 13 heteroatoms. The van der Waals surface area contributed by atoms with Gasteiger partial charge < -0.3 is 23.7 Å². The lowest BCUT2D eigenvalue weighted by molar-refractivity contribution is -0.516. The fourth-order valence-corrected chi connectivity index (χ4v) is 10.9. The molecule has 4 rings (SSSR count). The predicted octanol–water partition coefficient (Wildman–Crippen LogP) is 7.13. The van der Waals surface area contributed by atoms with Crippen LogP contribution in [0.15, 0.2) is 0 Å². The van der Waals surface area contributed by atoms with Crippen molar-refractivity contribution in [1.29, 1.82) is 0 Å². The van der Waals surface area contributed by atoms with Crippen molar-refractivity contribution in [3.63, 3.8) is 0 Å². The van der Waals surface area contributed by atoms with Crippen molar-refractivity contribution >= 4 is 20.2 Å². The van der Waals surface area contributed by atoms with E-state index in [0.29, 0.717) is 25.7 Å². The van der Waals surface area contributed by atoms with Crippen LogP contribution in [-0.2, 0) is 43.9 Å². The van der Waals surface area contributed by atoms with Crippen molar-refractivity contribution in [3.05, 3.63) is 0 Å². The highest BCUT2D eigenvalue weighted by molar-refractivity contribution is 7.86. The average Bonchev–Trinajstić information content (AvgIpc) is 2.91. The zero-order valence-electron chi connectivity index (χ0n) is 28.9. The van der Waals surface area contributed by atoms with Gasteiger partial charge in [0.05, 0.1) is 26.4 Å². The molecule has 0 aromatic heterocycles. The van der Waals surface area contributed by atoms with Gasteiger partial charge in [-0.2, -0.15) is 16.8 Å². The van der Waals surface area contributed by atoms with Crippen LogP contribution in [0.25, 0.3) is 0 Å². The van der Waals surface area contributed by atoms with E-state index >= 15 is 0 Å². The van der Waals surface area contributed by atoms with Gasteiger partial charge in [0.25, 0.3) is 20.2 Å². The molecular formula is C34H62O11S2. The van der Waals surface area contributed by atoms with Crippen LogP contribution in [-0.4, -0.2) is 85.6 Å². The minimum absolute atomic E-state index is 0.184. The average molecular weight is 711 g/mol. The molecule has 0 saturated carbocycles. The Kier molecular flexibility index (Phi) is 14.4. The maximum atomic E-state index is 13.0. The number of hydrogen-bond acceptors (Lipinski definition) is 9. The normalized spacial score (nSPS) is 32.1. The lowest BCUT2D eigenvalue weighted by Gasteiger charge is -2.67. The topological polar surface area (TPSA) is 155 Å². The summed E-state index contributed by atoms with van der Waals surface area (Å²) in [6, 6.07) is 0. The maximum absolute atomic E-state index is 13.0. The van der Waals surface area contributed by atoms with Gasteiger partial charge in [-0.3, -0.25) is 9.11 Å². The Morgan fingerprint density at radius 1 is 0.511 bits per heavy atom. The van der Waals surface area contributed by atoms with Gasteiger partial charge in [0.2, 0.25) is 11.6 Å². The van der Waals surface area contributed by atoms with E-state index in [1.165, 1.54) is 38.5 Å². The van der Waals surface area contributed by atoms with Gasteiger partial charge in [-0.05, 0) is 12.8 Å². The third-order valence-corrected chi connectivity index (χ3v) is 13.9. The number of ether oxygens (including phenoxy) is 5. The van der Waals surface area contributed by atoms with Crippen molar-refractivity contribution in [2.24, 2.45) is 0 Å². The van der Waals surface area contributed by atoms with Gasteiger partial charge in [-0.1, -0.05) is 117 Å². The van der Waals surface area contributed by atoms with Crippen molar-refractivity contribution in [2.45, 2.75) is 188 Å². The molecule has 11 nitrogen and oxygen atoms in total. The molecule has 276 valence electrons. The molecule has 0 spiro atoms. The van der Waals surface area contributed by atoms with E-state index in [1.54, 1.807) is 0 Å². The summed E-state index contributed by atoms with van der Waals surface area (Å²) < 4.78 is 104. The highest BCUT2D eigenvalue weighted by Crippen LogP contribution is 2.59. The van der Waals surface area contributed by atoms with Crippen LogP contribution in [0, 0.1) is 0 Å². The molecule has 0 aromatic carbocycles. The largest absolute Gasteiger partial charge is 0.368 e. The molecule has 0 bridgehead atoms. The third-order valence-electron chi connectivity index (χ3n) is 11.2. The van der Waals surface area contributed by atoms with Gasteiger partial charge in [-0.25, -0.2) is 0 Å². The van der Waals surface area contributed by atoms with Gasteiger partial charge in [0, 0.05) is 25.7 Å². The molecule has 4 aliphatic heterocycles. The maximum Gasteiger partial charge on any atom is 0.270 e. The second kappa shape index (κ2) is 17.2. The molecule has 47 heavy (non-hydrogen) atoms. The van der Waals surface area contributed by atoms with Crippen LogP contribution < -0.4 is 0 Å². The van der Waals surface area contributed by atoms with E-state index in [1.807, 2.05) is 0 Å². The zero-order chi connectivity index (χ0) is 34.1. The Labute approximate surface area is 284 Å². The third kappa shape index (κ3) is 8.75. The molecule has 4 heterocycles. The van der Waals surface area contributed by atoms with Gasteiger partial charge in [0.15, 0.2) is 0 Å². The van der Waals surface area contributed by atoms with Crippen molar-refractivity contribution in [2.75, 3.05) is 26.4 Å². The van der Waals surface area contributed by atoms with E-state index in [4.69, 9.17) is 23.7 Å². The second-order valence-electron chi connectivity index (χ2n) is 14.3. The summed E-state index contributed by atoms with van der Waals surface area (Å²) >= 11 is 0. The Hall–Kier alpha value is -0.380. The van der Waals surface area contributed by atoms with E-state index in [-0.39, 0.29) is 52.1 Å². The highest BCUT2D eigenvalue weighted by Gasteiger charge is 2.76. The first-order chi connectivity index (χ1) is 22.4.